The molecule has 0 aliphatic carbocycles. The number of anilines is 2. The van der Waals surface area contributed by atoms with Gasteiger partial charge in [-0.3, -0.25) is 4.90 Å². The van der Waals surface area contributed by atoms with Crippen molar-refractivity contribution in [3.63, 3.8) is 0 Å². The molecule has 2 saturated heterocycles. The van der Waals surface area contributed by atoms with Gasteiger partial charge in [0, 0.05) is 52.0 Å². The molecule has 8 nitrogen and oxygen atoms in total. The van der Waals surface area contributed by atoms with Gasteiger partial charge in [0.05, 0.1) is 18.9 Å². The SMILES string of the molecule is c1cc(N2CCN(CCn3nccn3)CC2)nc(N2CCCCC2)n1. The number of aromatic nitrogens is 5. The van der Waals surface area contributed by atoms with Crippen LogP contribution in [0.2, 0.25) is 0 Å². The first-order valence-corrected chi connectivity index (χ1v) is 9.28. The molecule has 0 unspecified atom stereocenters. The van der Waals surface area contributed by atoms with E-state index >= 15 is 0 Å². The molecule has 0 aromatic carbocycles. The van der Waals surface area contributed by atoms with Gasteiger partial charge in [-0.25, -0.2) is 4.98 Å². The van der Waals surface area contributed by atoms with Gasteiger partial charge in [-0.15, -0.1) is 0 Å². The molecule has 2 fully saturated rings. The Kier molecular flexibility index (Phi) is 5.06. The summed E-state index contributed by atoms with van der Waals surface area (Å²) in [6.07, 6.45) is 9.18. The predicted molar refractivity (Wildman–Crippen MR) is 96.8 cm³/mol. The van der Waals surface area contributed by atoms with Crippen LogP contribution in [0.4, 0.5) is 11.8 Å². The molecule has 0 spiro atoms. The standard InChI is InChI=1S/C17H26N8/c1-2-8-24(9-3-1)17-18-5-4-16(21-17)23-13-10-22(11-14-23)12-15-25-19-6-7-20-25/h4-7H,1-3,8-15H2. The maximum absolute atomic E-state index is 4.83. The third-order valence-electron chi connectivity index (χ3n) is 5.05. The second kappa shape index (κ2) is 7.77. The van der Waals surface area contributed by atoms with Crippen LogP contribution in [-0.4, -0.2) is 75.7 Å². The molecule has 2 aromatic rings. The molecule has 0 amide bonds. The molecule has 0 bridgehead atoms. The Bertz CT molecular complexity index is 644. The monoisotopic (exact) mass is 342 g/mol. The molecule has 0 saturated carbocycles. The molecular weight excluding hydrogens is 316 g/mol. The first-order chi connectivity index (χ1) is 12.4. The number of piperidine rings is 1. The van der Waals surface area contributed by atoms with Crippen molar-refractivity contribution >= 4 is 11.8 Å². The lowest BCUT2D eigenvalue weighted by Crippen LogP contribution is -2.47. The normalized spacial score (nSPS) is 19.4. The van der Waals surface area contributed by atoms with Crippen molar-refractivity contribution < 1.29 is 0 Å². The second-order valence-electron chi connectivity index (χ2n) is 6.72. The van der Waals surface area contributed by atoms with Gasteiger partial charge in [0.1, 0.15) is 5.82 Å². The van der Waals surface area contributed by atoms with E-state index in [0.29, 0.717) is 0 Å². The van der Waals surface area contributed by atoms with Crippen LogP contribution < -0.4 is 9.80 Å². The van der Waals surface area contributed by atoms with E-state index in [2.05, 4.69) is 29.9 Å². The van der Waals surface area contributed by atoms with Crippen LogP contribution in [0.5, 0.6) is 0 Å². The highest BCUT2D eigenvalue weighted by Gasteiger charge is 2.20. The Hall–Kier alpha value is -2.22. The lowest BCUT2D eigenvalue weighted by Gasteiger charge is -2.35. The van der Waals surface area contributed by atoms with Gasteiger partial charge in [0.15, 0.2) is 0 Å². The van der Waals surface area contributed by atoms with E-state index in [1.165, 1.54) is 19.3 Å². The Labute approximate surface area is 148 Å². The van der Waals surface area contributed by atoms with E-state index in [0.717, 1.165) is 64.1 Å². The van der Waals surface area contributed by atoms with Crippen molar-refractivity contribution in [2.24, 2.45) is 0 Å². The third-order valence-corrected chi connectivity index (χ3v) is 5.05. The minimum absolute atomic E-state index is 0.847. The molecule has 4 heterocycles. The molecule has 134 valence electrons. The largest absolute Gasteiger partial charge is 0.354 e. The van der Waals surface area contributed by atoms with Crippen LogP contribution in [0.3, 0.4) is 0 Å². The zero-order valence-electron chi connectivity index (χ0n) is 14.7. The molecule has 0 atom stereocenters. The molecule has 25 heavy (non-hydrogen) atoms. The summed E-state index contributed by atoms with van der Waals surface area (Å²) in [5.41, 5.74) is 0. The minimum Gasteiger partial charge on any atom is -0.354 e. The third kappa shape index (κ3) is 4.07. The second-order valence-corrected chi connectivity index (χ2v) is 6.72. The van der Waals surface area contributed by atoms with Gasteiger partial charge in [0.2, 0.25) is 5.95 Å². The van der Waals surface area contributed by atoms with Crippen LogP contribution in [0.15, 0.2) is 24.7 Å². The quantitative estimate of drug-likeness (QED) is 0.799. The fourth-order valence-electron chi connectivity index (χ4n) is 3.55. The van der Waals surface area contributed by atoms with E-state index in [1.54, 1.807) is 17.2 Å². The van der Waals surface area contributed by atoms with Crippen LogP contribution in [0.25, 0.3) is 0 Å². The summed E-state index contributed by atoms with van der Waals surface area (Å²) >= 11 is 0. The predicted octanol–water partition coefficient (Wildman–Crippen LogP) is 0.881. The minimum atomic E-state index is 0.847. The van der Waals surface area contributed by atoms with Gasteiger partial charge >= 0.3 is 0 Å². The summed E-state index contributed by atoms with van der Waals surface area (Å²) in [6, 6.07) is 2.04. The summed E-state index contributed by atoms with van der Waals surface area (Å²) in [5, 5.41) is 8.33. The molecule has 0 N–H and O–H groups in total. The summed E-state index contributed by atoms with van der Waals surface area (Å²) in [7, 11) is 0. The highest BCUT2D eigenvalue weighted by molar-refractivity contribution is 5.44. The zero-order chi connectivity index (χ0) is 16.9. The van der Waals surface area contributed by atoms with Crippen molar-refractivity contribution in [1.29, 1.82) is 0 Å². The van der Waals surface area contributed by atoms with Crippen molar-refractivity contribution in [2.75, 3.05) is 55.6 Å². The fraction of sp³-hybridized carbons (Fsp3) is 0.647. The number of nitrogens with zero attached hydrogens (tertiary/aromatic N) is 8. The summed E-state index contributed by atoms with van der Waals surface area (Å²) in [6.45, 7) is 8.10. The van der Waals surface area contributed by atoms with Crippen LogP contribution in [0.1, 0.15) is 19.3 Å². The van der Waals surface area contributed by atoms with Crippen LogP contribution in [-0.2, 0) is 6.54 Å². The lowest BCUT2D eigenvalue weighted by molar-refractivity contribution is 0.239. The highest BCUT2D eigenvalue weighted by atomic mass is 15.5. The van der Waals surface area contributed by atoms with E-state index in [4.69, 9.17) is 4.98 Å². The van der Waals surface area contributed by atoms with Crippen molar-refractivity contribution in [3.05, 3.63) is 24.7 Å². The number of rotatable bonds is 5. The van der Waals surface area contributed by atoms with E-state index in [9.17, 15) is 0 Å². The first kappa shape index (κ1) is 16.3. The van der Waals surface area contributed by atoms with Crippen molar-refractivity contribution in [3.8, 4) is 0 Å². The van der Waals surface area contributed by atoms with E-state index in [-0.39, 0.29) is 0 Å². The highest BCUT2D eigenvalue weighted by Crippen LogP contribution is 2.19. The van der Waals surface area contributed by atoms with Gasteiger partial charge < -0.3 is 9.80 Å². The van der Waals surface area contributed by atoms with Gasteiger partial charge in [-0.2, -0.15) is 20.0 Å². The average Bonchev–Trinajstić information content (AvgIpc) is 3.21. The van der Waals surface area contributed by atoms with E-state index < -0.39 is 0 Å². The van der Waals surface area contributed by atoms with Crippen molar-refractivity contribution in [1.82, 2.24) is 29.9 Å². The topological polar surface area (TPSA) is 66.2 Å². The maximum atomic E-state index is 4.83. The molecule has 2 aliphatic rings. The molecule has 8 heteroatoms. The Morgan fingerprint density at radius 2 is 1.52 bits per heavy atom. The maximum Gasteiger partial charge on any atom is 0.227 e. The number of hydrogen-bond acceptors (Lipinski definition) is 7. The fourth-order valence-corrected chi connectivity index (χ4v) is 3.55. The van der Waals surface area contributed by atoms with E-state index in [1.807, 2.05) is 12.3 Å². The number of piperazine rings is 1. The van der Waals surface area contributed by atoms with Gasteiger partial charge in [0.25, 0.3) is 0 Å². The summed E-state index contributed by atoms with van der Waals surface area (Å²) < 4.78 is 0. The molecular formula is C17H26N8. The summed E-state index contributed by atoms with van der Waals surface area (Å²) in [5.74, 6) is 1.95. The van der Waals surface area contributed by atoms with Gasteiger partial charge in [-0.1, -0.05) is 0 Å². The van der Waals surface area contributed by atoms with Gasteiger partial charge in [-0.05, 0) is 25.3 Å². The molecule has 2 aromatic heterocycles. The molecule has 0 radical (unpaired) electrons. The Balaban J connectivity index is 1.31. The lowest BCUT2D eigenvalue weighted by atomic mass is 10.1. The van der Waals surface area contributed by atoms with Crippen LogP contribution in [0, 0.1) is 0 Å². The Morgan fingerprint density at radius 1 is 0.760 bits per heavy atom. The van der Waals surface area contributed by atoms with Crippen LogP contribution >= 0.6 is 0 Å². The molecule has 2 aliphatic heterocycles. The zero-order valence-corrected chi connectivity index (χ0v) is 14.7. The summed E-state index contributed by atoms with van der Waals surface area (Å²) in [4.78, 5) is 18.2. The first-order valence-electron chi connectivity index (χ1n) is 9.28. The number of hydrogen-bond donors (Lipinski definition) is 0. The molecule has 4 rings (SSSR count). The Morgan fingerprint density at radius 3 is 2.28 bits per heavy atom. The van der Waals surface area contributed by atoms with Crippen molar-refractivity contribution in [2.45, 2.75) is 25.8 Å². The average molecular weight is 342 g/mol. The smallest absolute Gasteiger partial charge is 0.227 e.